The lowest BCUT2D eigenvalue weighted by Gasteiger charge is -2.33. The first kappa shape index (κ1) is 15.6. The lowest BCUT2D eigenvalue weighted by Crippen LogP contribution is -2.48. The highest BCUT2D eigenvalue weighted by Crippen LogP contribution is 2.30. The number of allylic oxidation sites excluding steroid dienone is 1. The molecule has 1 aliphatic heterocycles. The van der Waals surface area contributed by atoms with Gasteiger partial charge in [0.2, 0.25) is 5.91 Å². The van der Waals surface area contributed by atoms with Crippen LogP contribution in [-0.2, 0) is 4.79 Å². The van der Waals surface area contributed by atoms with Crippen LogP contribution in [0.2, 0.25) is 0 Å². The smallest absolute Gasteiger partial charge is 0.247 e. The van der Waals surface area contributed by atoms with Gasteiger partial charge in [-0.05, 0) is 50.7 Å². The molecule has 0 saturated carbocycles. The summed E-state index contributed by atoms with van der Waals surface area (Å²) in [5.41, 5.74) is 2.05. The molecule has 4 nitrogen and oxygen atoms in total. The molecule has 0 unspecified atom stereocenters. The van der Waals surface area contributed by atoms with Crippen molar-refractivity contribution in [3.8, 4) is 0 Å². The van der Waals surface area contributed by atoms with Crippen molar-refractivity contribution >= 4 is 32.6 Å². The summed E-state index contributed by atoms with van der Waals surface area (Å²) in [4.78, 5) is 19.5. The van der Waals surface area contributed by atoms with Crippen molar-refractivity contribution in [3.05, 3.63) is 35.9 Å². The molecular formula is C19H23N3OS. The number of carbonyl (C=O) groups excluding carboxylic acids is 1. The van der Waals surface area contributed by atoms with Crippen LogP contribution in [0.5, 0.6) is 0 Å². The number of fused-ring (bicyclic) bond motifs is 1. The second-order valence-electron chi connectivity index (χ2n) is 6.70. The van der Waals surface area contributed by atoms with Crippen LogP contribution >= 0.6 is 11.3 Å². The van der Waals surface area contributed by atoms with E-state index in [0.717, 1.165) is 61.4 Å². The lowest BCUT2D eigenvalue weighted by atomic mass is 9.98. The minimum absolute atomic E-state index is 0.144. The SMILES string of the molecule is O=C(N[C@H]1CCCN(c2nc3ccccc3s2)C1)C1=CCCCC1. The quantitative estimate of drug-likeness (QED) is 0.921. The van der Waals surface area contributed by atoms with Gasteiger partial charge in [0, 0.05) is 24.7 Å². The van der Waals surface area contributed by atoms with Crippen molar-refractivity contribution in [1.29, 1.82) is 0 Å². The van der Waals surface area contributed by atoms with E-state index < -0.39 is 0 Å². The molecule has 2 heterocycles. The molecule has 24 heavy (non-hydrogen) atoms. The third-order valence-corrected chi connectivity index (χ3v) is 5.99. The maximum absolute atomic E-state index is 12.4. The summed E-state index contributed by atoms with van der Waals surface area (Å²) in [6.45, 7) is 1.88. The minimum Gasteiger partial charge on any atom is -0.348 e. The van der Waals surface area contributed by atoms with Gasteiger partial charge >= 0.3 is 0 Å². The molecule has 5 heteroatoms. The molecule has 4 rings (SSSR count). The average Bonchev–Trinajstić information content (AvgIpc) is 3.07. The van der Waals surface area contributed by atoms with Crippen molar-refractivity contribution in [2.24, 2.45) is 0 Å². The van der Waals surface area contributed by atoms with Gasteiger partial charge in [-0.1, -0.05) is 29.5 Å². The van der Waals surface area contributed by atoms with E-state index in [1.165, 1.54) is 11.1 Å². The normalized spacial score (nSPS) is 21.6. The number of nitrogens with one attached hydrogen (secondary N) is 1. The van der Waals surface area contributed by atoms with Gasteiger partial charge in [-0.2, -0.15) is 0 Å². The number of piperidine rings is 1. The molecule has 1 aliphatic carbocycles. The van der Waals surface area contributed by atoms with E-state index >= 15 is 0 Å². The van der Waals surface area contributed by atoms with Crippen molar-refractivity contribution in [2.45, 2.75) is 44.6 Å². The van der Waals surface area contributed by atoms with Crippen LogP contribution in [0.1, 0.15) is 38.5 Å². The third kappa shape index (κ3) is 3.31. The van der Waals surface area contributed by atoms with Gasteiger partial charge in [0.15, 0.2) is 5.13 Å². The second kappa shape index (κ2) is 6.93. The average molecular weight is 341 g/mol. The Morgan fingerprint density at radius 1 is 1.25 bits per heavy atom. The predicted molar refractivity (Wildman–Crippen MR) is 99.5 cm³/mol. The van der Waals surface area contributed by atoms with Crippen LogP contribution in [0.3, 0.4) is 0 Å². The number of hydrogen-bond donors (Lipinski definition) is 1. The molecule has 0 radical (unpaired) electrons. The fraction of sp³-hybridized carbons (Fsp3) is 0.474. The molecule has 1 atom stereocenters. The first-order valence-corrected chi connectivity index (χ1v) is 9.72. The highest BCUT2D eigenvalue weighted by Gasteiger charge is 2.24. The van der Waals surface area contributed by atoms with Crippen LogP contribution in [0.15, 0.2) is 35.9 Å². The molecule has 1 aromatic carbocycles. The molecule has 2 aliphatic rings. The number of carbonyl (C=O) groups is 1. The summed E-state index contributed by atoms with van der Waals surface area (Å²) in [7, 11) is 0. The molecular weight excluding hydrogens is 318 g/mol. The fourth-order valence-electron chi connectivity index (χ4n) is 3.59. The Kier molecular flexibility index (Phi) is 4.52. The minimum atomic E-state index is 0.144. The summed E-state index contributed by atoms with van der Waals surface area (Å²) < 4.78 is 1.23. The summed E-state index contributed by atoms with van der Waals surface area (Å²) in [6.07, 6.45) is 8.60. The number of para-hydroxylation sites is 1. The molecule has 126 valence electrons. The second-order valence-corrected chi connectivity index (χ2v) is 7.71. The summed E-state index contributed by atoms with van der Waals surface area (Å²) in [6, 6.07) is 8.49. The van der Waals surface area contributed by atoms with Gasteiger partial charge in [0.05, 0.1) is 10.2 Å². The number of rotatable bonds is 3. The molecule has 2 aromatic rings. The highest BCUT2D eigenvalue weighted by atomic mass is 32.1. The van der Waals surface area contributed by atoms with Crippen LogP contribution < -0.4 is 10.2 Å². The van der Waals surface area contributed by atoms with E-state index in [1.54, 1.807) is 11.3 Å². The number of amides is 1. The van der Waals surface area contributed by atoms with E-state index in [1.807, 2.05) is 6.07 Å². The fourth-order valence-corrected chi connectivity index (χ4v) is 4.59. The van der Waals surface area contributed by atoms with Gasteiger partial charge < -0.3 is 10.2 Å². The van der Waals surface area contributed by atoms with E-state index in [9.17, 15) is 4.79 Å². The molecule has 0 spiro atoms. The molecule has 0 bridgehead atoms. The van der Waals surface area contributed by atoms with Crippen molar-refractivity contribution in [3.63, 3.8) is 0 Å². The summed E-state index contributed by atoms with van der Waals surface area (Å²) >= 11 is 1.74. The summed E-state index contributed by atoms with van der Waals surface area (Å²) in [5, 5.41) is 4.33. The Balaban J connectivity index is 1.43. The van der Waals surface area contributed by atoms with Gasteiger partial charge in [0.1, 0.15) is 0 Å². The van der Waals surface area contributed by atoms with Crippen molar-refractivity contribution in [2.75, 3.05) is 18.0 Å². The maximum atomic E-state index is 12.4. The third-order valence-electron chi connectivity index (χ3n) is 4.89. The predicted octanol–water partition coefficient (Wildman–Crippen LogP) is 3.88. The van der Waals surface area contributed by atoms with E-state index in [0.29, 0.717) is 0 Å². The van der Waals surface area contributed by atoms with E-state index in [4.69, 9.17) is 4.98 Å². The molecule has 1 N–H and O–H groups in total. The number of anilines is 1. The zero-order valence-electron chi connectivity index (χ0n) is 13.8. The standard InChI is InChI=1S/C19H23N3OS/c23-18(14-7-2-1-3-8-14)20-15-9-6-12-22(13-15)19-21-16-10-4-5-11-17(16)24-19/h4-5,7,10-11,15H,1-3,6,8-9,12-13H2,(H,20,23)/t15-/m0/s1. The Hall–Kier alpha value is -1.88. The summed E-state index contributed by atoms with van der Waals surface area (Å²) in [5.74, 6) is 0.144. The van der Waals surface area contributed by atoms with Crippen LogP contribution in [-0.4, -0.2) is 30.0 Å². The molecule has 1 fully saturated rings. The first-order chi connectivity index (χ1) is 11.8. The van der Waals surface area contributed by atoms with Gasteiger partial charge in [-0.25, -0.2) is 4.98 Å². The first-order valence-electron chi connectivity index (χ1n) is 8.90. The van der Waals surface area contributed by atoms with E-state index in [2.05, 4.69) is 34.5 Å². The monoisotopic (exact) mass is 341 g/mol. The Bertz CT molecular complexity index is 734. The number of thiazole rings is 1. The molecule has 1 amide bonds. The Labute approximate surface area is 146 Å². The zero-order chi connectivity index (χ0) is 16.4. The lowest BCUT2D eigenvalue weighted by molar-refractivity contribution is -0.118. The Morgan fingerprint density at radius 2 is 2.17 bits per heavy atom. The van der Waals surface area contributed by atoms with Crippen LogP contribution in [0, 0.1) is 0 Å². The largest absolute Gasteiger partial charge is 0.348 e. The van der Waals surface area contributed by atoms with E-state index in [-0.39, 0.29) is 11.9 Å². The zero-order valence-corrected chi connectivity index (χ0v) is 14.6. The Morgan fingerprint density at radius 3 is 3.00 bits per heavy atom. The number of nitrogens with zero attached hydrogens (tertiary/aromatic N) is 2. The van der Waals surface area contributed by atoms with Gasteiger partial charge in [-0.3, -0.25) is 4.79 Å². The molecule has 1 aromatic heterocycles. The number of benzene rings is 1. The number of aromatic nitrogens is 1. The van der Waals surface area contributed by atoms with Crippen LogP contribution in [0.4, 0.5) is 5.13 Å². The van der Waals surface area contributed by atoms with Crippen molar-refractivity contribution < 1.29 is 4.79 Å². The van der Waals surface area contributed by atoms with Crippen LogP contribution in [0.25, 0.3) is 10.2 Å². The topological polar surface area (TPSA) is 45.2 Å². The van der Waals surface area contributed by atoms with Gasteiger partial charge in [0.25, 0.3) is 0 Å². The highest BCUT2D eigenvalue weighted by molar-refractivity contribution is 7.22. The number of hydrogen-bond acceptors (Lipinski definition) is 4. The van der Waals surface area contributed by atoms with Gasteiger partial charge in [-0.15, -0.1) is 0 Å². The maximum Gasteiger partial charge on any atom is 0.247 e. The molecule has 1 saturated heterocycles. The van der Waals surface area contributed by atoms with Crippen molar-refractivity contribution in [1.82, 2.24) is 10.3 Å².